The van der Waals surface area contributed by atoms with Gasteiger partial charge < -0.3 is 5.32 Å². The minimum absolute atomic E-state index is 0.135. The number of nitrogens with one attached hydrogen (secondary N) is 1. The largest absolute Gasteiger partial charge is 0.356 e. The Kier molecular flexibility index (Phi) is 46.2. The van der Waals surface area contributed by atoms with Gasteiger partial charge in [0, 0.05) is 13.0 Å². The summed E-state index contributed by atoms with van der Waals surface area (Å²) in [5.41, 5.74) is 2.75. The first kappa shape index (κ1) is 66.6. The molecule has 1 atom stereocenters. The van der Waals surface area contributed by atoms with Gasteiger partial charge >= 0.3 is 0 Å². The predicted molar refractivity (Wildman–Crippen MR) is 309 cm³/mol. The molecule has 6 heteroatoms. The molecule has 2 N–H and O–H groups in total. The number of carbonyl (C=O) groups is 1. The lowest BCUT2D eigenvalue weighted by atomic mass is 9.87. The van der Waals surface area contributed by atoms with Crippen molar-refractivity contribution >= 4 is 16.0 Å². The van der Waals surface area contributed by atoms with Crippen LogP contribution in [-0.2, 0) is 26.1 Å². The second kappa shape index (κ2) is 48.5. The van der Waals surface area contributed by atoms with E-state index in [2.05, 4.69) is 25.2 Å². The van der Waals surface area contributed by atoms with Crippen LogP contribution in [0.4, 0.5) is 0 Å². The fraction of sp³-hybridized carbons (Fsp3) is 0.891. The fourth-order valence-corrected chi connectivity index (χ4v) is 11.9. The summed E-state index contributed by atoms with van der Waals surface area (Å²) >= 11 is 0. The lowest BCUT2D eigenvalue weighted by Gasteiger charge is -2.29. The topological polar surface area (TPSA) is 83.5 Å². The van der Waals surface area contributed by atoms with Gasteiger partial charge in [-0.1, -0.05) is 327 Å². The van der Waals surface area contributed by atoms with Gasteiger partial charge in [-0.25, -0.2) is 0 Å². The second-order valence-electron chi connectivity index (χ2n) is 22.7. The molecule has 0 fully saturated rings. The summed E-state index contributed by atoms with van der Waals surface area (Å²) in [5, 5.41) is 3.10. The molecule has 0 aliphatic carbocycles. The van der Waals surface area contributed by atoms with Crippen molar-refractivity contribution in [2.75, 3.05) is 6.54 Å². The number of aryl methyl sites for hydroxylation is 1. The SMILES string of the molecule is CCCCCCCCCCCCCCCCCCCCCCCCCCCCCCCCCCC(C)(c1cccc(CCCNC(=O)CCCCCCCCCCCCCCCCC)c1C)S(=O)(=O)O. The van der Waals surface area contributed by atoms with Crippen molar-refractivity contribution in [3.05, 3.63) is 34.9 Å². The van der Waals surface area contributed by atoms with Crippen LogP contribution in [0.3, 0.4) is 0 Å². The monoisotopic (exact) mass is 1000 g/mol. The van der Waals surface area contributed by atoms with Crippen molar-refractivity contribution in [2.24, 2.45) is 0 Å². The molecule has 0 aliphatic rings. The van der Waals surface area contributed by atoms with Crippen LogP contribution in [0, 0.1) is 6.92 Å². The first-order valence-corrected chi connectivity index (χ1v) is 32.9. The van der Waals surface area contributed by atoms with Crippen molar-refractivity contribution in [1.82, 2.24) is 5.32 Å². The van der Waals surface area contributed by atoms with Gasteiger partial charge in [0.2, 0.25) is 5.91 Å². The van der Waals surface area contributed by atoms with E-state index < -0.39 is 14.9 Å². The molecule has 1 unspecified atom stereocenters. The van der Waals surface area contributed by atoms with Gasteiger partial charge in [0.25, 0.3) is 10.1 Å². The minimum Gasteiger partial charge on any atom is -0.356 e. The summed E-state index contributed by atoms with van der Waals surface area (Å²) in [6, 6.07) is 5.87. The Morgan fingerprint density at radius 3 is 1.03 bits per heavy atom. The average molecular weight is 1000 g/mol. The number of unbranched alkanes of at least 4 members (excludes halogenated alkanes) is 45. The Bertz CT molecular complexity index is 1400. The average Bonchev–Trinajstić information content (AvgIpc) is 3.34. The van der Waals surface area contributed by atoms with Crippen LogP contribution < -0.4 is 5.32 Å². The summed E-state index contributed by atoms with van der Waals surface area (Å²) < 4.78 is 35.0. The maximum atomic E-state index is 12.9. The molecular formula is C64H121NO4S. The number of benzene rings is 1. The van der Waals surface area contributed by atoms with E-state index in [1.807, 2.05) is 19.1 Å². The molecule has 0 bridgehead atoms. The summed E-state index contributed by atoms with van der Waals surface area (Å²) in [5.74, 6) is 0.135. The highest BCUT2D eigenvalue weighted by Gasteiger charge is 2.40. The van der Waals surface area contributed by atoms with Crippen molar-refractivity contribution in [3.63, 3.8) is 0 Å². The van der Waals surface area contributed by atoms with Crippen LogP contribution in [0.25, 0.3) is 0 Å². The summed E-state index contributed by atoms with van der Waals surface area (Å²) in [7, 11) is -4.31. The summed E-state index contributed by atoms with van der Waals surface area (Å²) in [6.07, 6.45) is 66.3. The zero-order valence-electron chi connectivity index (χ0n) is 47.6. The Morgan fingerprint density at radius 1 is 0.443 bits per heavy atom. The molecule has 70 heavy (non-hydrogen) atoms. The van der Waals surface area contributed by atoms with Crippen LogP contribution in [-0.4, -0.2) is 25.4 Å². The first-order chi connectivity index (χ1) is 34.2. The normalized spacial score (nSPS) is 12.8. The van der Waals surface area contributed by atoms with Crippen molar-refractivity contribution < 1.29 is 17.8 Å². The van der Waals surface area contributed by atoms with E-state index in [-0.39, 0.29) is 5.91 Å². The molecule has 0 spiro atoms. The van der Waals surface area contributed by atoms with Gasteiger partial charge in [-0.2, -0.15) is 8.42 Å². The second-order valence-corrected chi connectivity index (χ2v) is 24.5. The Morgan fingerprint density at radius 2 is 0.729 bits per heavy atom. The zero-order valence-corrected chi connectivity index (χ0v) is 48.4. The third-order valence-electron chi connectivity index (χ3n) is 16.0. The van der Waals surface area contributed by atoms with E-state index in [1.165, 1.54) is 270 Å². The standard InChI is InChI=1S/C64H121NO4S/c1-5-7-9-11-13-15-17-19-21-22-23-24-25-26-27-28-29-30-31-32-33-34-35-36-37-39-41-43-45-47-49-51-58-64(4,70(67,68)69)62-56-52-54-61(60(62)3)55-53-59-65-63(66)57-50-48-46-44-42-40-38-20-18-16-14-12-10-8-6-2/h52,54,56H,5-51,53,55,57-59H2,1-4H3,(H,65,66)(H,67,68,69). The lowest BCUT2D eigenvalue weighted by molar-refractivity contribution is -0.121. The van der Waals surface area contributed by atoms with Crippen molar-refractivity contribution in [2.45, 2.75) is 360 Å². The van der Waals surface area contributed by atoms with Gasteiger partial charge in [0.1, 0.15) is 4.75 Å². The maximum absolute atomic E-state index is 12.9. The Balaban J connectivity index is 2.03. The quantitative estimate of drug-likeness (QED) is 0.0503. The van der Waals surface area contributed by atoms with E-state index in [0.29, 0.717) is 24.9 Å². The smallest absolute Gasteiger partial charge is 0.274 e. The highest BCUT2D eigenvalue weighted by molar-refractivity contribution is 7.86. The Hall–Kier alpha value is -1.40. The molecule has 0 aromatic heterocycles. The number of hydrogen-bond donors (Lipinski definition) is 2. The van der Waals surface area contributed by atoms with Gasteiger partial charge in [0.15, 0.2) is 0 Å². The van der Waals surface area contributed by atoms with E-state index in [9.17, 15) is 17.8 Å². The number of hydrogen-bond acceptors (Lipinski definition) is 3. The van der Waals surface area contributed by atoms with E-state index >= 15 is 0 Å². The third-order valence-corrected chi connectivity index (χ3v) is 17.6. The third kappa shape index (κ3) is 38.2. The molecule has 1 aromatic carbocycles. The number of carbonyl (C=O) groups excluding carboxylic acids is 1. The van der Waals surface area contributed by atoms with Crippen LogP contribution >= 0.6 is 0 Å². The molecular weight excluding hydrogens is 879 g/mol. The fourth-order valence-electron chi connectivity index (χ4n) is 11.0. The highest BCUT2D eigenvalue weighted by atomic mass is 32.2. The van der Waals surface area contributed by atoms with Gasteiger partial charge in [-0.3, -0.25) is 9.35 Å². The molecule has 5 nitrogen and oxygen atoms in total. The van der Waals surface area contributed by atoms with Crippen LogP contribution in [0.2, 0.25) is 0 Å². The number of amides is 1. The maximum Gasteiger partial charge on any atom is 0.274 e. The van der Waals surface area contributed by atoms with Crippen LogP contribution in [0.15, 0.2) is 18.2 Å². The van der Waals surface area contributed by atoms with E-state index in [1.54, 1.807) is 6.92 Å². The minimum atomic E-state index is -4.31. The van der Waals surface area contributed by atoms with E-state index in [4.69, 9.17) is 0 Å². The molecule has 0 aliphatic heterocycles. The zero-order chi connectivity index (χ0) is 50.9. The molecule has 412 valence electrons. The Labute approximate surface area is 438 Å². The van der Waals surface area contributed by atoms with Crippen molar-refractivity contribution in [3.8, 4) is 0 Å². The number of rotatable bonds is 55. The molecule has 1 rings (SSSR count). The first-order valence-electron chi connectivity index (χ1n) is 31.5. The molecule has 0 heterocycles. The van der Waals surface area contributed by atoms with Crippen LogP contribution in [0.1, 0.15) is 359 Å². The van der Waals surface area contributed by atoms with Crippen LogP contribution in [0.5, 0.6) is 0 Å². The van der Waals surface area contributed by atoms with Gasteiger partial charge in [-0.15, -0.1) is 0 Å². The van der Waals surface area contributed by atoms with Crippen molar-refractivity contribution in [1.29, 1.82) is 0 Å². The summed E-state index contributed by atoms with van der Waals surface area (Å²) in [4.78, 5) is 12.5. The van der Waals surface area contributed by atoms with Gasteiger partial charge in [0.05, 0.1) is 0 Å². The van der Waals surface area contributed by atoms with E-state index in [0.717, 1.165) is 56.1 Å². The van der Waals surface area contributed by atoms with Gasteiger partial charge in [-0.05, 0) is 56.2 Å². The predicted octanol–water partition coefficient (Wildman–Crippen LogP) is 21.3. The molecule has 0 saturated heterocycles. The highest BCUT2D eigenvalue weighted by Crippen LogP contribution is 2.38. The molecule has 0 radical (unpaired) electrons. The molecule has 1 aromatic rings. The summed E-state index contributed by atoms with van der Waals surface area (Å²) in [6.45, 7) is 8.90. The molecule has 0 saturated carbocycles. The molecule has 1 amide bonds. The lowest BCUT2D eigenvalue weighted by Crippen LogP contribution is -2.33.